The van der Waals surface area contributed by atoms with Crippen LogP contribution in [0.5, 0.6) is 0 Å². The molecule has 0 spiro atoms. The number of allylic oxidation sites excluding steroid dienone is 1. The minimum atomic E-state index is 0.306. The van der Waals surface area contributed by atoms with Crippen LogP contribution in [-0.4, -0.2) is 24.1 Å². The fourth-order valence-electron chi connectivity index (χ4n) is 0.258. The van der Waals surface area contributed by atoms with Crippen molar-refractivity contribution < 1.29 is 5.11 Å². The van der Waals surface area contributed by atoms with E-state index in [4.69, 9.17) is 5.11 Å². The van der Waals surface area contributed by atoms with Gasteiger partial charge < -0.3 is 10.0 Å². The largest absolute Gasteiger partial charge is 0.495 e. The van der Waals surface area contributed by atoms with Crippen LogP contribution in [0.1, 0.15) is 6.92 Å². The SMILES string of the molecule is C=C.C=C.CC=C(O)N(C)C. The predicted molar refractivity (Wildman–Crippen MR) is 52.6 cm³/mol. The van der Waals surface area contributed by atoms with Gasteiger partial charge in [0.25, 0.3) is 0 Å². The Balaban J connectivity index is -0.000000138. The highest BCUT2D eigenvalue weighted by Gasteiger charge is 1.86. The van der Waals surface area contributed by atoms with Crippen molar-refractivity contribution in [2.45, 2.75) is 6.92 Å². The summed E-state index contributed by atoms with van der Waals surface area (Å²) in [5, 5.41) is 8.72. The van der Waals surface area contributed by atoms with Crippen LogP contribution in [0.4, 0.5) is 0 Å². The van der Waals surface area contributed by atoms with Crippen LogP contribution < -0.4 is 0 Å². The van der Waals surface area contributed by atoms with Gasteiger partial charge in [-0.1, -0.05) is 0 Å². The highest BCUT2D eigenvalue weighted by atomic mass is 16.3. The van der Waals surface area contributed by atoms with E-state index in [0.29, 0.717) is 5.88 Å². The van der Waals surface area contributed by atoms with Crippen LogP contribution in [0.25, 0.3) is 0 Å². The topological polar surface area (TPSA) is 23.5 Å². The number of rotatable bonds is 1. The summed E-state index contributed by atoms with van der Waals surface area (Å²) in [6, 6.07) is 0. The van der Waals surface area contributed by atoms with E-state index in [2.05, 4.69) is 26.3 Å². The Bertz CT molecular complexity index is 95.7. The molecule has 0 fully saturated rings. The lowest BCUT2D eigenvalue weighted by Crippen LogP contribution is -2.09. The highest BCUT2D eigenvalue weighted by Crippen LogP contribution is 1.88. The first kappa shape index (κ1) is 16.4. The molecule has 0 saturated heterocycles. The van der Waals surface area contributed by atoms with Gasteiger partial charge in [-0.15, -0.1) is 26.3 Å². The van der Waals surface area contributed by atoms with E-state index in [-0.39, 0.29) is 0 Å². The van der Waals surface area contributed by atoms with Crippen molar-refractivity contribution in [3.05, 3.63) is 38.3 Å². The summed E-state index contributed by atoms with van der Waals surface area (Å²) in [5.74, 6) is 0.306. The minimum Gasteiger partial charge on any atom is -0.495 e. The van der Waals surface area contributed by atoms with Crippen LogP contribution >= 0.6 is 0 Å². The third-order valence-corrected chi connectivity index (χ3v) is 0.716. The fourth-order valence-corrected chi connectivity index (χ4v) is 0.258. The molecule has 0 atom stereocenters. The van der Waals surface area contributed by atoms with Crippen LogP contribution in [0.2, 0.25) is 0 Å². The second-order valence-corrected chi connectivity index (χ2v) is 1.54. The van der Waals surface area contributed by atoms with Gasteiger partial charge in [0.1, 0.15) is 0 Å². The molecule has 0 bridgehead atoms. The molecule has 0 aliphatic carbocycles. The standard InChI is InChI=1S/C5H11NO.2C2H4/c1-4-5(7)6(2)3;2*1-2/h4,7H,1-3H3;2*1-2H2. The van der Waals surface area contributed by atoms with Crippen molar-refractivity contribution in [1.82, 2.24) is 4.90 Å². The lowest BCUT2D eigenvalue weighted by Gasteiger charge is -2.08. The van der Waals surface area contributed by atoms with Crippen LogP contribution in [0, 0.1) is 0 Å². The van der Waals surface area contributed by atoms with Crippen molar-refractivity contribution in [2.75, 3.05) is 14.1 Å². The van der Waals surface area contributed by atoms with E-state index in [1.807, 2.05) is 0 Å². The second kappa shape index (κ2) is 15.9. The van der Waals surface area contributed by atoms with E-state index >= 15 is 0 Å². The van der Waals surface area contributed by atoms with Gasteiger partial charge in [0, 0.05) is 14.1 Å². The molecule has 0 radical (unpaired) electrons. The van der Waals surface area contributed by atoms with Crippen molar-refractivity contribution >= 4 is 0 Å². The number of aliphatic hydroxyl groups is 1. The van der Waals surface area contributed by atoms with Gasteiger partial charge >= 0.3 is 0 Å². The molecule has 2 nitrogen and oxygen atoms in total. The van der Waals surface area contributed by atoms with Crippen molar-refractivity contribution in [1.29, 1.82) is 0 Å². The Kier molecular flexibility index (Phi) is 23.8. The van der Waals surface area contributed by atoms with Gasteiger partial charge in [-0.3, -0.25) is 0 Å². The zero-order chi connectivity index (χ0) is 9.86. The van der Waals surface area contributed by atoms with Gasteiger partial charge in [-0.2, -0.15) is 0 Å². The summed E-state index contributed by atoms with van der Waals surface area (Å²) in [6.45, 7) is 13.8. The number of hydrogen-bond acceptors (Lipinski definition) is 2. The molecule has 0 aromatic carbocycles. The molecule has 2 heteroatoms. The average Bonchev–Trinajstić information content (AvgIpc) is 2.10. The molecule has 11 heavy (non-hydrogen) atoms. The Morgan fingerprint density at radius 2 is 1.45 bits per heavy atom. The summed E-state index contributed by atoms with van der Waals surface area (Å²) in [7, 11) is 3.57. The molecular formula is C9H19NO. The van der Waals surface area contributed by atoms with E-state index < -0.39 is 0 Å². The molecule has 0 unspecified atom stereocenters. The maximum Gasteiger partial charge on any atom is 0.181 e. The Morgan fingerprint density at radius 3 is 1.45 bits per heavy atom. The zero-order valence-electron chi connectivity index (χ0n) is 7.80. The van der Waals surface area contributed by atoms with E-state index in [1.54, 1.807) is 32.0 Å². The van der Waals surface area contributed by atoms with Gasteiger partial charge in [0.15, 0.2) is 5.88 Å². The lowest BCUT2D eigenvalue weighted by molar-refractivity contribution is 0.263. The molecule has 66 valence electrons. The Morgan fingerprint density at radius 1 is 1.18 bits per heavy atom. The summed E-state index contributed by atoms with van der Waals surface area (Å²) in [5.41, 5.74) is 0. The zero-order valence-corrected chi connectivity index (χ0v) is 7.80. The van der Waals surface area contributed by atoms with Crippen molar-refractivity contribution in [2.24, 2.45) is 0 Å². The molecule has 1 N–H and O–H groups in total. The second-order valence-electron chi connectivity index (χ2n) is 1.54. The molecule has 0 aliphatic heterocycles. The first-order chi connectivity index (χ1) is 5.18. The number of hydrogen-bond donors (Lipinski definition) is 1. The van der Waals surface area contributed by atoms with Crippen LogP contribution in [0.15, 0.2) is 38.3 Å². The summed E-state index contributed by atoms with van der Waals surface area (Å²) < 4.78 is 0. The highest BCUT2D eigenvalue weighted by molar-refractivity contribution is 4.83. The summed E-state index contributed by atoms with van der Waals surface area (Å²) in [4.78, 5) is 1.64. The first-order valence-electron chi connectivity index (χ1n) is 3.21. The average molecular weight is 157 g/mol. The first-order valence-corrected chi connectivity index (χ1v) is 3.21. The Labute approximate surface area is 70.2 Å². The predicted octanol–water partition coefficient (Wildman–Crippen LogP) is 2.57. The van der Waals surface area contributed by atoms with Crippen LogP contribution in [0.3, 0.4) is 0 Å². The lowest BCUT2D eigenvalue weighted by atomic mass is 10.6. The van der Waals surface area contributed by atoms with Crippen LogP contribution in [-0.2, 0) is 0 Å². The molecule has 0 aromatic rings. The molecule has 0 aliphatic rings. The van der Waals surface area contributed by atoms with E-state index in [1.165, 1.54) is 0 Å². The van der Waals surface area contributed by atoms with Crippen molar-refractivity contribution in [3.8, 4) is 0 Å². The van der Waals surface area contributed by atoms with Gasteiger partial charge in [0.05, 0.1) is 0 Å². The Hall–Kier alpha value is -1.18. The molecule has 0 rings (SSSR count). The quantitative estimate of drug-likeness (QED) is 0.467. The fraction of sp³-hybridized carbons (Fsp3) is 0.333. The molecular weight excluding hydrogens is 138 g/mol. The molecule has 0 saturated carbocycles. The maximum absolute atomic E-state index is 8.72. The van der Waals surface area contributed by atoms with E-state index in [9.17, 15) is 0 Å². The van der Waals surface area contributed by atoms with E-state index in [0.717, 1.165) is 0 Å². The molecule has 0 amide bonds. The maximum atomic E-state index is 8.72. The number of aliphatic hydroxyl groups excluding tert-OH is 1. The van der Waals surface area contributed by atoms with Gasteiger partial charge in [-0.05, 0) is 13.0 Å². The third-order valence-electron chi connectivity index (χ3n) is 0.716. The third kappa shape index (κ3) is 17.7. The summed E-state index contributed by atoms with van der Waals surface area (Å²) >= 11 is 0. The monoisotopic (exact) mass is 157 g/mol. The van der Waals surface area contributed by atoms with Gasteiger partial charge in [-0.25, -0.2) is 0 Å². The number of nitrogens with zero attached hydrogens (tertiary/aromatic N) is 1. The van der Waals surface area contributed by atoms with Gasteiger partial charge in [0.2, 0.25) is 0 Å². The molecule has 0 heterocycles. The minimum absolute atomic E-state index is 0.306. The normalized spacial score (nSPS) is 8.09. The molecule has 0 aromatic heterocycles. The van der Waals surface area contributed by atoms with Crippen molar-refractivity contribution in [3.63, 3.8) is 0 Å². The smallest absolute Gasteiger partial charge is 0.181 e. The summed E-state index contributed by atoms with van der Waals surface area (Å²) in [6.07, 6.45) is 1.64.